The number of aromatic nitrogens is 1. The van der Waals surface area contributed by atoms with Gasteiger partial charge in [-0.15, -0.1) is 6.42 Å². The first-order valence-corrected chi connectivity index (χ1v) is 4.29. The highest BCUT2D eigenvalue weighted by atomic mass is 16.1. The first kappa shape index (κ1) is 10.4. The van der Waals surface area contributed by atoms with Crippen LogP contribution in [-0.2, 0) is 0 Å². The zero-order valence-corrected chi connectivity index (χ0v) is 8.10. The highest BCUT2D eigenvalue weighted by Crippen LogP contribution is 1.98. The number of hydrogen-bond acceptors (Lipinski definition) is 3. The maximum Gasteiger partial charge on any atom is 0.176 e. The Bertz CT molecular complexity index is 340. The Balaban J connectivity index is 2.56. The van der Waals surface area contributed by atoms with Crippen LogP contribution in [0.3, 0.4) is 0 Å². The lowest BCUT2D eigenvalue weighted by Gasteiger charge is -2.11. The van der Waals surface area contributed by atoms with Crippen LogP contribution in [0.25, 0.3) is 0 Å². The maximum atomic E-state index is 11.6. The predicted octanol–water partition coefficient (Wildman–Crippen LogP) is 0.829. The SMILES string of the molecule is C#CCN(C)CC(=O)c1ccncc1. The van der Waals surface area contributed by atoms with E-state index in [0.717, 1.165) is 0 Å². The number of terminal acetylenes is 1. The number of carbonyl (C=O) groups excluding carboxylic acids is 1. The van der Waals surface area contributed by atoms with E-state index < -0.39 is 0 Å². The van der Waals surface area contributed by atoms with Gasteiger partial charge in [-0.1, -0.05) is 5.92 Å². The van der Waals surface area contributed by atoms with E-state index in [4.69, 9.17) is 6.42 Å². The minimum absolute atomic E-state index is 0.0603. The van der Waals surface area contributed by atoms with Crippen LogP contribution in [0.2, 0.25) is 0 Å². The van der Waals surface area contributed by atoms with Gasteiger partial charge in [-0.25, -0.2) is 0 Å². The third-order valence-electron chi connectivity index (χ3n) is 1.78. The molecule has 0 amide bonds. The molecule has 0 saturated carbocycles. The molecule has 1 aromatic heterocycles. The van der Waals surface area contributed by atoms with E-state index in [0.29, 0.717) is 18.7 Å². The second-order valence-corrected chi connectivity index (χ2v) is 3.04. The summed E-state index contributed by atoms with van der Waals surface area (Å²) in [6, 6.07) is 3.40. The van der Waals surface area contributed by atoms with Gasteiger partial charge in [0, 0.05) is 18.0 Å². The van der Waals surface area contributed by atoms with E-state index in [1.165, 1.54) is 0 Å². The van der Waals surface area contributed by atoms with Crippen molar-refractivity contribution in [3.63, 3.8) is 0 Å². The molecule has 0 unspecified atom stereocenters. The molecule has 14 heavy (non-hydrogen) atoms. The fourth-order valence-electron chi connectivity index (χ4n) is 1.09. The average Bonchev–Trinajstić information content (AvgIpc) is 2.19. The summed E-state index contributed by atoms with van der Waals surface area (Å²) in [5.74, 6) is 2.55. The molecule has 0 atom stereocenters. The Morgan fingerprint density at radius 2 is 2.21 bits per heavy atom. The van der Waals surface area contributed by atoms with Crippen molar-refractivity contribution in [3.8, 4) is 12.3 Å². The van der Waals surface area contributed by atoms with Crippen molar-refractivity contribution in [1.82, 2.24) is 9.88 Å². The standard InChI is InChI=1S/C11H12N2O/c1-3-8-13(2)9-11(14)10-4-6-12-7-5-10/h1,4-7H,8-9H2,2H3. The number of rotatable bonds is 4. The molecule has 0 N–H and O–H groups in total. The van der Waals surface area contributed by atoms with Gasteiger partial charge < -0.3 is 0 Å². The van der Waals surface area contributed by atoms with Crippen LogP contribution >= 0.6 is 0 Å². The van der Waals surface area contributed by atoms with Crippen molar-refractivity contribution in [2.45, 2.75) is 0 Å². The second kappa shape index (κ2) is 5.15. The summed E-state index contributed by atoms with van der Waals surface area (Å²) in [4.78, 5) is 17.2. The van der Waals surface area contributed by atoms with Crippen LogP contribution in [-0.4, -0.2) is 35.8 Å². The zero-order valence-electron chi connectivity index (χ0n) is 8.10. The van der Waals surface area contributed by atoms with E-state index in [2.05, 4.69) is 10.9 Å². The van der Waals surface area contributed by atoms with Gasteiger partial charge in [0.2, 0.25) is 0 Å². The Labute approximate surface area is 83.8 Å². The third-order valence-corrected chi connectivity index (χ3v) is 1.78. The molecule has 1 aromatic rings. The predicted molar refractivity (Wildman–Crippen MR) is 54.9 cm³/mol. The summed E-state index contributed by atoms with van der Waals surface area (Å²) in [7, 11) is 1.82. The van der Waals surface area contributed by atoms with Crippen molar-refractivity contribution >= 4 is 5.78 Å². The number of Topliss-reactive ketones (excluding diaryl/α,β-unsaturated/α-hetero) is 1. The first-order chi connectivity index (χ1) is 6.74. The number of likely N-dealkylation sites (N-methyl/N-ethyl adjacent to an activating group) is 1. The second-order valence-electron chi connectivity index (χ2n) is 3.04. The highest BCUT2D eigenvalue weighted by Gasteiger charge is 2.07. The van der Waals surface area contributed by atoms with E-state index in [-0.39, 0.29) is 5.78 Å². The van der Waals surface area contributed by atoms with Gasteiger partial charge >= 0.3 is 0 Å². The fourth-order valence-corrected chi connectivity index (χ4v) is 1.09. The van der Waals surface area contributed by atoms with E-state index in [1.54, 1.807) is 29.4 Å². The minimum atomic E-state index is 0.0603. The monoisotopic (exact) mass is 188 g/mol. The van der Waals surface area contributed by atoms with Crippen LogP contribution in [0.4, 0.5) is 0 Å². The fraction of sp³-hybridized carbons (Fsp3) is 0.273. The number of pyridine rings is 1. The topological polar surface area (TPSA) is 33.2 Å². The molecule has 0 aliphatic carbocycles. The van der Waals surface area contributed by atoms with Crippen molar-refractivity contribution < 1.29 is 4.79 Å². The molecule has 72 valence electrons. The summed E-state index contributed by atoms with van der Waals surface area (Å²) in [5.41, 5.74) is 0.670. The van der Waals surface area contributed by atoms with Crippen molar-refractivity contribution in [3.05, 3.63) is 30.1 Å². The quantitative estimate of drug-likeness (QED) is 0.518. The lowest BCUT2D eigenvalue weighted by atomic mass is 10.2. The third kappa shape index (κ3) is 3.00. The smallest absolute Gasteiger partial charge is 0.176 e. The molecule has 0 fully saturated rings. The van der Waals surface area contributed by atoms with Crippen LogP contribution in [0, 0.1) is 12.3 Å². The molecule has 1 heterocycles. The van der Waals surface area contributed by atoms with Crippen molar-refractivity contribution in [2.24, 2.45) is 0 Å². The number of hydrogen-bond donors (Lipinski definition) is 0. The zero-order chi connectivity index (χ0) is 10.4. The summed E-state index contributed by atoms with van der Waals surface area (Å²) in [5, 5.41) is 0. The van der Waals surface area contributed by atoms with Gasteiger partial charge in [0.1, 0.15) is 0 Å². The van der Waals surface area contributed by atoms with Gasteiger partial charge in [-0.2, -0.15) is 0 Å². The van der Waals surface area contributed by atoms with Crippen molar-refractivity contribution in [2.75, 3.05) is 20.1 Å². The highest BCUT2D eigenvalue weighted by molar-refractivity contribution is 5.97. The van der Waals surface area contributed by atoms with E-state index >= 15 is 0 Å². The molecule has 0 aliphatic heterocycles. The molecule has 0 aromatic carbocycles. The summed E-state index contributed by atoms with van der Waals surface area (Å²) >= 11 is 0. The van der Waals surface area contributed by atoms with Gasteiger partial charge in [0.05, 0.1) is 13.1 Å². The van der Waals surface area contributed by atoms with Crippen LogP contribution in [0.5, 0.6) is 0 Å². The van der Waals surface area contributed by atoms with Crippen LogP contribution < -0.4 is 0 Å². The molecule has 0 saturated heterocycles. The van der Waals surface area contributed by atoms with Gasteiger partial charge in [0.15, 0.2) is 5.78 Å². The Morgan fingerprint density at radius 3 is 2.79 bits per heavy atom. The van der Waals surface area contributed by atoms with Gasteiger partial charge in [0.25, 0.3) is 0 Å². The Morgan fingerprint density at radius 1 is 1.57 bits per heavy atom. The first-order valence-electron chi connectivity index (χ1n) is 4.29. The van der Waals surface area contributed by atoms with Gasteiger partial charge in [-0.3, -0.25) is 14.7 Å². The molecular formula is C11H12N2O. The van der Waals surface area contributed by atoms with Crippen molar-refractivity contribution in [1.29, 1.82) is 0 Å². The molecule has 1 rings (SSSR count). The normalized spacial score (nSPS) is 9.79. The largest absolute Gasteiger partial charge is 0.293 e. The lowest BCUT2D eigenvalue weighted by Crippen LogP contribution is -2.26. The lowest BCUT2D eigenvalue weighted by molar-refractivity contribution is 0.0952. The molecule has 3 nitrogen and oxygen atoms in total. The minimum Gasteiger partial charge on any atom is -0.293 e. The number of carbonyl (C=O) groups is 1. The molecular weight excluding hydrogens is 176 g/mol. The van der Waals surface area contributed by atoms with E-state index in [9.17, 15) is 4.79 Å². The number of nitrogens with zero attached hydrogens (tertiary/aromatic N) is 2. The van der Waals surface area contributed by atoms with Gasteiger partial charge in [-0.05, 0) is 19.2 Å². The molecule has 0 bridgehead atoms. The van der Waals surface area contributed by atoms with Crippen LogP contribution in [0.1, 0.15) is 10.4 Å². The molecule has 3 heteroatoms. The van der Waals surface area contributed by atoms with Crippen LogP contribution in [0.15, 0.2) is 24.5 Å². The van der Waals surface area contributed by atoms with E-state index in [1.807, 2.05) is 7.05 Å². The Hall–Kier alpha value is -1.66. The Kier molecular flexibility index (Phi) is 3.84. The summed E-state index contributed by atoms with van der Waals surface area (Å²) < 4.78 is 0. The summed E-state index contributed by atoms with van der Waals surface area (Å²) in [6.07, 6.45) is 8.34. The summed E-state index contributed by atoms with van der Waals surface area (Å²) in [6.45, 7) is 0.824. The molecule has 0 aliphatic rings. The molecule has 0 spiro atoms. The number of ketones is 1. The average molecular weight is 188 g/mol. The molecule has 0 radical (unpaired) electrons. The maximum absolute atomic E-state index is 11.6.